The molecule has 5 nitrogen and oxygen atoms in total. The van der Waals surface area contributed by atoms with E-state index in [9.17, 15) is 9.59 Å². The number of hydrogen-bond acceptors (Lipinski definition) is 3. The van der Waals surface area contributed by atoms with E-state index in [4.69, 9.17) is 0 Å². The topological polar surface area (TPSA) is 52.7 Å². The number of carbonyl (C=O) groups is 2. The summed E-state index contributed by atoms with van der Waals surface area (Å²) >= 11 is 0. The second kappa shape index (κ2) is 7.86. The summed E-state index contributed by atoms with van der Waals surface area (Å²) in [6, 6.07) is 9.09. The number of carbonyl (C=O) groups excluding carboxylic acids is 2. The minimum atomic E-state index is 0.0366. The van der Waals surface area contributed by atoms with E-state index >= 15 is 0 Å². The average molecular weight is 436 g/mol. The highest BCUT2D eigenvalue weighted by Gasteiger charge is 2.49. The van der Waals surface area contributed by atoms with Gasteiger partial charge in [-0.3, -0.25) is 14.5 Å². The molecule has 1 spiro atoms. The number of nitrogens with zero attached hydrogens (tertiary/aromatic N) is 2. The monoisotopic (exact) mass is 435 g/mol. The molecule has 7 rings (SSSR count). The predicted molar refractivity (Wildman–Crippen MR) is 124 cm³/mol. The molecule has 5 fully saturated rings. The molecule has 6 aliphatic rings. The lowest BCUT2D eigenvalue weighted by Gasteiger charge is -2.54. The molecule has 32 heavy (non-hydrogen) atoms. The van der Waals surface area contributed by atoms with Gasteiger partial charge < -0.3 is 10.2 Å². The first-order chi connectivity index (χ1) is 15.5. The maximum Gasteiger partial charge on any atom is 0.234 e. The number of likely N-dealkylation sites (tertiary alicyclic amines) is 1. The fourth-order valence-corrected chi connectivity index (χ4v) is 8.27. The summed E-state index contributed by atoms with van der Waals surface area (Å²) < 4.78 is 0. The van der Waals surface area contributed by atoms with Gasteiger partial charge in [-0.05, 0) is 92.8 Å². The van der Waals surface area contributed by atoms with Gasteiger partial charge in [-0.2, -0.15) is 0 Å². The van der Waals surface area contributed by atoms with Crippen molar-refractivity contribution in [3.63, 3.8) is 0 Å². The van der Waals surface area contributed by atoms with Crippen LogP contribution in [0, 0.1) is 23.7 Å². The van der Waals surface area contributed by atoms with E-state index in [0.29, 0.717) is 12.6 Å². The lowest BCUT2D eigenvalue weighted by molar-refractivity contribution is -0.131. The molecule has 0 atom stereocenters. The SMILES string of the molecule is CC(=O)N1Cc2ccccc2C2(CCN(CC(=O)NC3C4CC5CC(C4)CC3C5)CC2)C1. The zero-order chi connectivity index (χ0) is 21.9. The van der Waals surface area contributed by atoms with Crippen LogP contribution in [0.3, 0.4) is 0 Å². The first kappa shape index (κ1) is 20.7. The van der Waals surface area contributed by atoms with Crippen LogP contribution in [0.25, 0.3) is 0 Å². The lowest BCUT2D eigenvalue weighted by Crippen LogP contribution is -2.58. The van der Waals surface area contributed by atoms with E-state index < -0.39 is 0 Å². The van der Waals surface area contributed by atoms with Gasteiger partial charge in [0, 0.05) is 31.5 Å². The van der Waals surface area contributed by atoms with Crippen LogP contribution in [0.5, 0.6) is 0 Å². The predicted octanol–water partition coefficient (Wildman–Crippen LogP) is 3.32. The molecule has 4 aliphatic carbocycles. The second-order valence-corrected chi connectivity index (χ2v) is 11.6. The number of hydrogen-bond donors (Lipinski definition) is 1. The Kier molecular flexibility index (Phi) is 5.09. The van der Waals surface area contributed by atoms with Crippen molar-refractivity contribution >= 4 is 11.8 Å². The van der Waals surface area contributed by atoms with Gasteiger partial charge in [-0.1, -0.05) is 24.3 Å². The summed E-state index contributed by atoms with van der Waals surface area (Å²) in [4.78, 5) is 29.6. The van der Waals surface area contributed by atoms with Crippen LogP contribution in [-0.4, -0.2) is 53.8 Å². The van der Waals surface area contributed by atoms with E-state index in [2.05, 4.69) is 34.5 Å². The maximum atomic E-state index is 13.0. The number of fused-ring (bicyclic) bond motifs is 2. The number of piperidine rings is 1. The Balaban J connectivity index is 1.09. The lowest BCUT2D eigenvalue weighted by atomic mass is 9.54. The highest BCUT2D eigenvalue weighted by Crippen LogP contribution is 2.53. The second-order valence-electron chi connectivity index (χ2n) is 11.6. The van der Waals surface area contributed by atoms with Crippen molar-refractivity contribution in [2.24, 2.45) is 23.7 Å². The number of rotatable bonds is 3. The largest absolute Gasteiger partial charge is 0.352 e. The van der Waals surface area contributed by atoms with Gasteiger partial charge in [0.05, 0.1) is 6.54 Å². The third kappa shape index (κ3) is 3.57. The molecule has 2 amide bonds. The minimum Gasteiger partial charge on any atom is -0.352 e. The molecule has 172 valence electrons. The van der Waals surface area contributed by atoms with Crippen molar-refractivity contribution < 1.29 is 9.59 Å². The Hall–Kier alpha value is -1.88. The van der Waals surface area contributed by atoms with Crippen LogP contribution < -0.4 is 5.32 Å². The van der Waals surface area contributed by atoms with Crippen molar-refractivity contribution in [2.75, 3.05) is 26.2 Å². The van der Waals surface area contributed by atoms with E-state index in [1.807, 2.05) is 4.90 Å². The molecule has 1 aromatic carbocycles. The van der Waals surface area contributed by atoms with E-state index in [0.717, 1.165) is 62.7 Å². The van der Waals surface area contributed by atoms with Gasteiger partial charge in [0.1, 0.15) is 0 Å². The van der Waals surface area contributed by atoms with Crippen LogP contribution in [0.2, 0.25) is 0 Å². The number of nitrogens with one attached hydrogen (secondary N) is 1. The Labute approximate surface area is 191 Å². The molecular formula is C27H37N3O2. The highest BCUT2D eigenvalue weighted by atomic mass is 16.2. The smallest absolute Gasteiger partial charge is 0.234 e. The van der Waals surface area contributed by atoms with Crippen LogP contribution >= 0.6 is 0 Å². The standard InChI is InChI=1S/C27H37N3O2/c1-18(31)30-15-21-4-2-3-5-24(21)27(17-30)6-8-29(9-7-27)16-25(32)28-26-22-11-19-10-20(13-22)14-23(26)12-19/h2-5,19-20,22-23,26H,6-17H2,1H3,(H,28,32). The summed E-state index contributed by atoms with van der Waals surface area (Å²) in [5, 5.41) is 3.48. The molecule has 2 aliphatic heterocycles. The van der Waals surface area contributed by atoms with E-state index in [1.54, 1.807) is 6.92 Å². The average Bonchev–Trinajstić information content (AvgIpc) is 2.77. The van der Waals surface area contributed by atoms with Crippen molar-refractivity contribution in [1.29, 1.82) is 0 Å². The van der Waals surface area contributed by atoms with Crippen molar-refractivity contribution in [2.45, 2.75) is 69.9 Å². The highest BCUT2D eigenvalue weighted by molar-refractivity contribution is 5.78. The normalized spacial score (nSPS) is 35.0. The van der Waals surface area contributed by atoms with Gasteiger partial charge in [-0.25, -0.2) is 0 Å². The molecule has 0 radical (unpaired) electrons. The molecular weight excluding hydrogens is 398 g/mol. The first-order valence-electron chi connectivity index (χ1n) is 12.8. The third-order valence-corrected chi connectivity index (χ3v) is 9.62. The maximum absolute atomic E-state index is 13.0. The van der Waals surface area contributed by atoms with Crippen LogP contribution in [0.4, 0.5) is 0 Å². The van der Waals surface area contributed by atoms with E-state index in [1.165, 1.54) is 43.2 Å². The van der Waals surface area contributed by atoms with Crippen LogP contribution in [-0.2, 0) is 21.5 Å². The third-order valence-electron chi connectivity index (χ3n) is 9.62. The molecule has 2 heterocycles. The Morgan fingerprint density at radius 3 is 2.31 bits per heavy atom. The zero-order valence-corrected chi connectivity index (χ0v) is 19.4. The number of benzene rings is 1. The van der Waals surface area contributed by atoms with Gasteiger partial charge in [0.15, 0.2) is 0 Å². The minimum absolute atomic E-state index is 0.0366. The van der Waals surface area contributed by atoms with Gasteiger partial charge >= 0.3 is 0 Å². The fourth-order valence-electron chi connectivity index (χ4n) is 8.27. The molecule has 1 N–H and O–H groups in total. The quantitative estimate of drug-likeness (QED) is 0.792. The van der Waals surface area contributed by atoms with Gasteiger partial charge in [0.2, 0.25) is 11.8 Å². The van der Waals surface area contributed by atoms with Crippen molar-refractivity contribution in [1.82, 2.24) is 15.1 Å². The molecule has 5 heteroatoms. The fraction of sp³-hybridized carbons (Fsp3) is 0.704. The summed E-state index contributed by atoms with van der Waals surface area (Å²) in [5.74, 6) is 3.74. The van der Waals surface area contributed by atoms with Gasteiger partial charge in [0.25, 0.3) is 0 Å². The summed E-state index contributed by atoms with van der Waals surface area (Å²) in [6.07, 6.45) is 8.85. The molecule has 0 unspecified atom stereocenters. The Morgan fingerprint density at radius 1 is 1.00 bits per heavy atom. The molecule has 4 saturated carbocycles. The molecule has 1 aromatic rings. The van der Waals surface area contributed by atoms with Crippen LogP contribution in [0.1, 0.15) is 63.0 Å². The van der Waals surface area contributed by atoms with Crippen LogP contribution in [0.15, 0.2) is 24.3 Å². The Morgan fingerprint density at radius 2 is 1.66 bits per heavy atom. The van der Waals surface area contributed by atoms with Crippen molar-refractivity contribution in [3.8, 4) is 0 Å². The van der Waals surface area contributed by atoms with E-state index in [-0.39, 0.29) is 17.2 Å². The Bertz CT molecular complexity index is 876. The summed E-state index contributed by atoms with van der Waals surface area (Å²) in [6.45, 7) is 5.60. The molecule has 0 aromatic heterocycles. The molecule has 1 saturated heterocycles. The van der Waals surface area contributed by atoms with Gasteiger partial charge in [-0.15, -0.1) is 0 Å². The zero-order valence-electron chi connectivity index (χ0n) is 19.4. The summed E-state index contributed by atoms with van der Waals surface area (Å²) in [5.41, 5.74) is 2.76. The number of amides is 2. The summed E-state index contributed by atoms with van der Waals surface area (Å²) in [7, 11) is 0. The van der Waals surface area contributed by atoms with Crippen molar-refractivity contribution in [3.05, 3.63) is 35.4 Å². The first-order valence-corrected chi connectivity index (χ1v) is 12.8. The molecule has 4 bridgehead atoms.